The van der Waals surface area contributed by atoms with E-state index in [2.05, 4.69) is 215 Å². The summed E-state index contributed by atoms with van der Waals surface area (Å²) in [5.74, 6) is 0. The van der Waals surface area contributed by atoms with Gasteiger partial charge in [0, 0.05) is 9.52 Å². The van der Waals surface area contributed by atoms with Crippen LogP contribution in [-0.2, 0) is 65.2 Å². The zero-order valence-corrected chi connectivity index (χ0v) is 47.0. The van der Waals surface area contributed by atoms with Crippen molar-refractivity contribution in [1.82, 2.24) is 0 Å². The van der Waals surface area contributed by atoms with Gasteiger partial charge in [-0.15, -0.1) is 69.1 Å². The standard InChI is InChI=1S/2C21H17.C4H8Si.4C4H9.2Zr/c2*1-2-15-13-17-9-6-12-20(21(17)14-15)19-11-5-8-16-7-3-4-10-18(16)19;1-2-4-5-3-1;4*1-3-4-2;;/h2*3-14H,2H2,1H3;1-4H2;4*1,3-4H2,2H3;;/q2*-1;;4*-1;2*+3. The second-order valence-electron chi connectivity index (χ2n) is 16.0. The Morgan fingerprint density at radius 2 is 0.692 bits per heavy atom. The van der Waals surface area contributed by atoms with E-state index in [0.717, 1.165) is 38.5 Å². The normalized spacial score (nSPS) is 11.0. The summed E-state index contributed by atoms with van der Waals surface area (Å²) >= 11 is 0. The summed E-state index contributed by atoms with van der Waals surface area (Å²) in [5.41, 5.74) is 8.15. The number of benzene rings is 6. The number of unbranched alkanes of at least 4 members (excludes halogenated alkanes) is 4. The molecule has 0 saturated carbocycles. The molecule has 0 unspecified atom stereocenters. The van der Waals surface area contributed by atoms with Crippen LogP contribution >= 0.6 is 0 Å². The summed E-state index contributed by atoms with van der Waals surface area (Å²) < 4.78 is 0. The summed E-state index contributed by atoms with van der Waals surface area (Å²) in [4.78, 5) is 0. The van der Waals surface area contributed by atoms with Gasteiger partial charge < -0.3 is 27.7 Å². The molecule has 0 aliphatic carbocycles. The molecule has 65 heavy (non-hydrogen) atoms. The average molecular weight is 1030 g/mol. The molecule has 4 radical (unpaired) electrons. The summed E-state index contributed by atoms with van der Waals surface area (Å²) in [7, 11) is 1.31. The number of hydrogen-bond acceptors (Lipinski definition) is 0. The number of rotatable bonds is 8. The zero-order valence-electron chi connectivity index (χ0n) is 41.1. The zero-order chi connectivity index (χ0) is 45.7. The minimum Gasteiger partial charge on any atom is -0.343 e. The van der Waals surface area contributed by atoms with Crippen LogP contribution in [0.5, 0.6) is 0 Å². The quantitative estimate of drug-likeness (QED) is 0.105. The van der Waals surface area contributed by atoms with Crippen LogP contribution in [0.2, 0.25) is 12.1 Å². The van der Waals surface area contributed by atoms with Crippen molar-refractivity contribution in [2.45, 2.75) is 131 Å². The Labute approximate surface area is 438 Å². The Balaban J connectivity index is 0.000000446. The summed E-state index contributed by atoms with van der Waals surface area (Å²) in [6, 6.07) is 56.0. The van der Waals surface area contributed by atoms with Crippen molar-refractivity contribution in [3.8, 4) is 22.3 Å². The van der Waals surface area contributed by atoms with Gasteiger partial charge in [0.25, 0.3) is 0 Å². The Morgan fingerprint density at radius 1 is 0.400 bits per heavy atom. The van der Waals surface area contributed by atoms with Crippen LogP contribution in [0.15, 0.2) is 146 Å². The largest absolute Gasteiger partial charge is 3.00 e. The molecule has 0 amide bonds. The first-order chi connectivity index (χ1) is 30.9. The third kappa shape index (κ3) is 19.7. The Hall–Kier alpha value is -2.96. The second-order valence-corrected chi connectivity index (χ2v) is 17.5. The molecule has 9 rings (SSSR count). The molecule has 1 aliphatic rings. The number of aryl methyl sites for hydroxylation is 2. The van der Waals surface area contributed by atoms with Gasteiger partial charge in [-0.2, -0.15) is 37.8 Å². The fraction of sp³-hybridized carbons (Fsp3) is 0.323. The first-order valence-electron chi connectivity index (χ1n) is 24.1. The van der Waals surface area contributed by atoms with Crippen molar-refractivity contribution in [2.75, 3.05) is 0 Å². The number of fused-ring (bicyclic) bond motifs is 4. The molecule has 1 saturated heterocycles. The van der Waals surface area contributed by atoms with Gasteiger partial charge in [-0.05, 0) is 45.5 Å². The van der Waals surface area contributed by atoms with Crippen molar-refractivity contribution in [1.29, 1.82) is 0 Å². The fourth-order valence-corrected chi connectivity index (χ4v) is 8.27. The minimum atomic E-state index is 0. The van der Waals surface area contributed by atoms with E-state index in [-0.39, 0.29) is 52.4 Å². The van der Waals surface area contributed by atoms with E-state index in [4.69, 9.17) is 0 Å². The van der Waals surface area contributed by atoms with Gasteiger partial charge in [0.15, 0.2) is 0 Å². The van der Waals surface area contributed by atoms with Gasteiger partial charge in [-0.25, -0.2) is 0 Å². The molecule has 1 heterocycles. The molecule has 0 spiro atoms. The molecule has 0 aromatic heterocycles. The van der Waals surface area contributed by atoms with Gasteiger partial charge in [-0.1, -0.05) is 200 Å². The van der Waals surface area contributed by atoms with Gasteiger partial charge in [-0.3, -0.25) is 0 Å². The van der Waals surface area contributed by atoms with Crippen LogP contribution in [0.3, 0.4) is 0 Å². The molecule has 3 heteroatoms. The molecule has 0 bridgehead atoms. The van der Waals surface area contributed by atoms with Crippen LogP contribution in [0.25, 0.3) is 65.3 Å². The molecule has 8 aromatic rings. The molecule has 0 atom stereocenters. The van der Waals surface area contributed by atoms with Crippen molar-refractivity contribution >= 4 is 52.6 Å². The van der Waals surface area contributed by atoms with Crippen molar-refractivity contribution in [2.24, 2.45) is 0 Å². The van der Waals surface area contributed by atoms with Crippen LogP contribution in [0.4, 0.5) is 0 Å². The molecule has 1 fully saturated rings. The van der Waals surface area contributed by atoms with Crippen LogP contribution in [0.1, 0.15) is 117 Å². The molecular formula is C62H78SiZr2. The van der Waals surface area contributed by atoms with E-state index < -0.39 is 0 Å². The minimum absolute atomic E-state index is 0. The van der Waals surface area contributed by atoms with Gasteiger partial charge >= 0.3 is 52.4 Å². The molecule has 0 N–H and O–H groups in total. The predicted molar refractivity (Wildman–Crippen MR) is 289 cm³/mol. The van der Waals surface area contributed by atoms with Crippen LogP contribution in [0, 0.1) is 27.7 Å². The Kier molecular flexibility index (Phi) is 33.4. The first-order valence-corrected chi connectivity index (χ1v) is 25.5. The van der Waals surface area contributed by atoms with Crippen molar-refractivity contribution in [3.63, 3.8) is 0 Å². The maximum absolute atomic E-state index is 3.60. The first kappa shape index (κ1) is 60.1. The predicted octanol–water partition coefficient (Wildman–Crippen LogP) is 19.7. The van der Waals surface area contributed by atoms with E-state index >= 15 is 0 Å². The van der Waals surface area contributed by atoms with E-state index in [0.29, 0.717) is 0 Å². The summed E-state index contributed by atoms with van der Waals surface area (Å²) in [5, 5.41) is 10.7. The second kappa shape index (κ2) is 36.1. The van der Waals surface area contributed by atoms with Crippen LogP contribution < -0.4 is 0 Å². The molecule has 0 nitrogen and oxygen atoms in total. The number of hydrogen-bond donors (Lipinski definition) is 0. The summed E-state index contributed by atoms with van der Waals surface area (Å²) in [6.07, 6.45) is 14.3. The van der Waals surface area contributed by atoms with Gasteiger partial charge in [0.1, 0.15) is 0 Å². The molecule has 8 aromatic carbocycles. The van der Waals surface area contributed by atoms with E-state index in [1.807, 2.05) is 0 Å². The molecular weight excluding hydrogens is 955 g/mol. The maximum Gasteiger partial charge on any atom is 3.00 e. The average Bonchev–Trinajstić information content (AvgIpc) is 4.17. The third-order valence-corrected chi connectivity index (χ3v) is 12.4. The van der Waals surface area contributed by atoms with E-state index in [1.54, 1.807) is 0 Å². The SMILES string of the molecule is C1CC[Si]C1.CCc1cc2c(-c3cccc4ccccc34)cccc2[cH-]1.CCc1cc2c(-c3cccc4ccccc34)cccc2[cH-]1.[CH2-]CCC.[CH2-]CCC.[CH2-]CCC.[CH2-]CCC.[Zr+3].[Zr+3]. The molecule has 1 aliphatic heterocycles. The topological polar surface area (TPSA) is 0 Å². The van der Waals surface area contributed by atoms with Gasteiger partial charge in [0.2, 0.25) is 0 Å². The fourth-order valence-electron chi connectivity index (χ4n) is 7.02. The Morgan fingerprint density at radius 3 is 0.985 bits per heavy atom. The summed E-state index contributed by atoms with van der Waals surface area (Å²) in [6.45, 7) is 27.3. The van der Waals surface area contributed by atoms with E-state index in [9.17, 15) is 0 Å². The van der Waals surface area contributed by atoms with E-state index in [1.165, 1.54) is 137 Å². The smallest absolute Gasteiger partial charge is 0.343 e. The van der Waals surface area contributed by atoms with Gasteiger partial charge in [0.05, 0.1) is 0 Å². The third-order valence-electron chi connectivity index (χ3n) is 11.0. The monoisotopic (exact) mass is 1030 g/mol. The molecule has 338 valence electrons. The maximum atomic E-state index is 3.60. The Bertz CT molecular complexity index is 2210. The van der Waals surface area contributed by atoms with Crippen molar-refractivity contribution < 1.29 is 52.4 Å². The van der Waals surface area contributed by atoms with Crippen LogP contribution in [-0.4, -0.2) is 9.52 Å². The van der Waals surface area contributed by atoms with Crippen molar-refractivity contribution in [3.05, 3.63) is 184 Å².